The number of aromatic nitrogens is 1. The van der Waals surface area contributed by atoms with E-state index in [1.807, 2.05) is 18.2 Å². The fraction of sp³-hybridized carbons (Fsp3) is 0.360. The third-order valence-electron chi connectivity index (χ3n) is 5.98. The second-order valence-electron chi connectivity index (χ2n) is 8.29. The number of nitrogens with one attached hydrogen (secondary N) is 2. The van der Waals surface area contributed by atoms with E-state index >= 15 is 0 Å². The Labute approximate surface area is 203 Å². The molecular formula is C25H28ClFN4O3. The minimum atomic E-state index is -0.490. The van der Waals surface area contributed by atoms with Crippen LogP contribution in [0.25, 0.3) is 10.8 Å². The number of benzene rings is 2. The number of likely N-dealkylation sites (tertiary alicyclic amines) is 1. The van der Waals surface area contributed by atoms with Gasteiger partial charge in [-0.2, -0.15) is 0 Å². The molecule has 0 saturated carbocycles. The van der Waals surface area contributed by atoms with Gasteiger partial charge in [0.2, 0.25) is 5.91 Å². The summed E-state index contributed by atoms with van der Waals surface area (Å²) in [6, 6.07) is 9.92. The summed E-state index contributed by atoms with van der Waals surface area (Å²) in [5, 5.41) is 7.82. The Morgan fingerprint density at radius 3 is 2.85 bits per heavy atom. The van der Waals surface area contributed by atoms with Crippen LogP contribution in [0.3, 0.4) is 0 Å². The molecule has 1 saturated heterocycles. The van der Waals surface area contributed by atoms with Gasteiger partial charge in [-0.1, -0.05) is 11.6 Å². The summed E-state index contributed by atoms with van der Waals surface area (Å²) < 4.78 is 24.4. The molecule has 1 aromatic heterocycles. The maximum Gasteiger partial charge on any atom is 0.224 e. The van der Waals surface area contributed by atoms with Gasteiger partial charge in [-0.25, -0.2) is 9.37 Å². The van der Waals surface area contributed by atoms with E-state index in [-0.39, 0.29) is 17.0 Å². The van der Waals surface area contributed by atoms with Crippen LogP contribution in [0.1, 0.15) is 19.3 Å². The third kappa shape index (κ3) is 5.75. The number of anilines is 3. The number of hydrogen-bond acceptors (Lipinski definition) is 6. The van der Waals surface area contributed by atoms with E-state index in [9.17, 15) is 9.18 Å². The molecule has 2 N–H and O–H groups in total. The van der Waals surface area contributed by atoms with Crippen molar-refractivity contribution in [2.45, 2.75) is 25.4 Å². The highest BCUT2D eigenvalue weighted by atomic mass is 35.5. The van der Waals surface area contributed by atoms with Gasteiger partial charge in [0.25, 0.3) is 0 Å². The largest absolute Gasteiger partial charge is 0.495 e. The van der Waals surface area contributed by atoms with Crippen molar-refractivity contribution in [3.05, 3.63) is 53.4 Å². The number of halogens is 2. The van der Waals surface area contributed by atoms with Gasteiger partial charge in [0.1, 0.15) is 17.4 Å². The second-order valence-corrected chi connectivity index (χ2v) is 8.69. The van der Waals surface area contributed by atoms with Crippen LogP contribution < -0.4 is 15.4 Å². The standard InChI is InChI=1S/C25H28ClFN4O3/c1-33-18-8-11-31(15-18)10-3-4-24(32)30-22-14-19-16(12-23(22)34-2)7-9-28-25(19)29-17-5-6-21(27)20(26)13-17/h5-7,9,12-14,18H,3-4,8,10-11,15H2,1-2H3,(H,28,29)(H,30,32)/t18-/m0/s1. The third-order valence-corrected chi connectivity index (χ3v) is 6.27. The summed E-state index contributed by atoms with van der Waals surface area (Å²) in [7, 11) is 3.31. The molecule has 0 aliphatic carbocycles. The first kappa shape index (κ1) is 24.2. The Morgan fingerprint density at radius 1 is 1.26 bits per heavy atom. The Kier molecular flexibility index (Phi) is 7.82. The molecule has 1 aliphatic heterocycles. The molecule has 7 nitrogen and oxygen atoms in total. The van der Waals surface area contributed by atoms with Crippen molar-refractivity contribution in [3.63, 3.8) is 0 Å². The van der Waals surface area contributed by atoms with Crippen molar-refractivity contribution < 1.29 is 18.7 Å². The van der Waals surface area contributed by atoms with Crippen molar-refractivity contribution in [1.82, 2.24) is 9.88 Å². The summed E-state index contributed by atoms with van der Waals surface area (Å²) in [4.78, 5) is 19.4. The van der Waals surface area contributed by atoms with E-state index in [1.165, 1.54) is 12.1 Å². The Morgan fingerprint density at radius 2 is 2.12 bits per heavy atom. The van der Waals surface area contributed by atoms with Gasteiger partial charge in [-0.15, -0.1) is 0 Å². The number of amides is 1. The zero-order valence-corrected chi connectivity index (χ0v) is 20.0. The van der Waals surface area contributed by atoms with Gasteiger partial charge in [-0.3, -0.25) is 4.79 Å². The number of hydrogen-bond donors (Lipinski definition) is 2. The van der Waals surface area contributed by atoms with Crippen LogP contribution in [-0.4, -0.2) is 55.7 Å². The van der Waals surface area contributed by atoms with Crippen molar-refractivity contribution in [1.29, 1.82) is 0 Å². The van der Waals surface area contributed by atoms with Crippen molar-refractivity contribution >= 4 is 45.5 Å². The highest BCUT2D eigenvalue weighted by Gasteiger charge is 2.21. The van der Waals surface area contributed by atoms with Crippen molar-refractivity contribution in [2.75, 3.05) is 44.5 Å². The van der Waals surface area contributed by atoms with Crippen LogP contribution >= 0.6 is 11.6 Å². The minimum Gasteiger partial charge on any atom is -0.495 e. The summed E-state index contributed by atoms with van der Waals surface area (Å²) in [6.07, 6.45) is 4.16. The second kappa shape index (κ2) is 11.0. The highest BCUT2D eigenvalue weighted by molar-refractivity contribution is 6.31. The van der Waals surface area contributed by atoms with E-state index in [4.69, 9.17) is 21.1 Å². The summed E-state index contributed by atoms with van der Waals surface area (Å²) >= 11 is 5.91. The Balaban J connectivity index is 1.47. The maximum absolute atomic E-state index is 13.5. The minimum absolute atomic E-state index is 0.0199. The van der Waals surface area contributed by atoms with Crippen LogP contribution in [-0.2, 0) is 9.53 Å². The number of methoxy groups -OCH3 is 2. The van der Waals surface area contributed by atoms with E-state index in [1.54, 1.807) is 26.5 Å². The molecule has 1 amide bonds. The first-order valence-corrected chi connectivity index (χ1v) is 11.6. The quantitative estimate of drug-likeness (QED) is 0.432. The molecule has 3 aromatic rings. The lowest BCUT2D eigenvalue weighted by molar-refractivity contribution is -0.116. The smallest absolute Gasteiger partial charge is 0.224 e. The Hall–Kier alpha value is -2.94. The van der Waals surface area contributed by atoms with Crippen LogP contribution in [0, 0.1) is 5.82 Å². The molecule has 2 aromatic carbocycles. The first-order chi connectivity index (χ1) is 16.5. The molecule has 0 spiro atoms. The van der Waals surface area contributed by atoms with Crippen LogP contribution in [0.5, 0.6) is 5.75 Å². The Bertz CT molecular complexity index is 1180. The number of carbonyl (C=O) groups excluding carboxylic acids is 1. The lowest BCUT2D eigenvalue weighted by Crippen LogP contribution is -2.25. The van der Waals surface area contributed by atoms with Gasteiger partial charge in [0.05, 0.1) is 23.9 Å². The van der Waals surface area contributed by atoms with Crippen LogP contribution in [0.15, 0.2) is 42.6 Å². The molecule has 0 radical (unpaired) electrons. The normalized spacial score (nSPS) is 16.1. The van der Waals surface area contributed by atoms with E-state index < -0.39 is 5.82 Å². The van der Waals surface area contributed by atoms with Gasteiger partial charge in [0.15, 0.2) is 0 Å². The molecule has 0 unspecified atom stereocenters. The summed E-state index contributed by atoms with van der Waals surface area (Å²) in [6.45, 7) is 2.78. The maximum atomic E-state index is 13.5. The number of rotatable bonds is 9. The molecule has 2 heterocycles. The van der Waals surface area contributed by atoms with Gasteiger partial charge in [0, 0.05) is 43.9 Å². The lowest BCUT2D eigenvalue weighted by Gasteiger charge is -2.16. The van der Waals surface area contributed by atoms with Crippen LogP contribution in [0.2, 0.25) is 5.02 Å². The fourth-order valence-electron chi connectivity index (χ4n) is 4.15. The molecule has 180 valence electrons. The molecule has 0 bridgehead atoms. The molecule has 1 fully saturated rings. The predicted octanol–water partition coefficient (Wildman–Crippen LogP) is 5.22. The van der Waals surface area contributed by atoms with E-state index in [0.717, 1.165) is 43.2 Å². The van der Waals surface area contributed by atoms with E-state index in [0.29, 0.717) is 29.4 Å². The number of carbonyl (C=O) groups is 1. The fourth-order valence-corrected chi connectivity index (χ4v) is 4.33. The van der Waals surface area contributed by atoms with Gasteiger partial charge in [-0.05, 0) is 61.2 Å². The highest BCUT2D eigenvalue weighted by Crippen LogP contribution is 2.34. The number of ether oxygens (including phenoxy) is 2. The van der Waals surface area contributed by atoms with E-state index in [2.05, 4.69) is 20.5 Å². The molecule has 1 aliphatic rings. The number of nitrogens with zero attached hydrogens (tertiary/aromatic N) is 2. The number of fused-ring (bicyclic) bond motifs is 1. The first-order valence-electron chi connectivity index (χ1n) is 11.2. The molecule has 4 rings (SSSR count). The topological polar surface area (TPSA) is 75.7 Å². The average molecular weight is 487 g/mol. The van der Waals surface area contributed by atoms with Gasteiger partial charge < -0.3 is 25.0 Å². The molecular weight excluding hydrogens is 459 g/mol. The summed E-state index contributed by atoms with van der Waals surface area (Å²) in [5.41, 5.74) is 1.17. The predicted molar refractivity (Wildman–Crippen MR) is 133 cm³/mol. The number of pyridine rings is 1. The van der Waals surface area contributed by atoms with Crippen molar-refractivity contribution in [3.8, 4) is 5.75 Å². The zero-order chi connectivity index (χ0) is 24.1. The monoisotopic (exact) mass is 486 g/mol. The lowest BCUT2D eigenvalue weighted by atomic mass is 10.1. The molecule has 34 heavy (non-hydrogen) atoms. The average Bonchev–Trinajstić information content (AvgIpc) is 3.29. The van der Waals surface area contributed by atoms with Crippen molar-refractivity contribution in [2.24, 2.45) is 0 Å². The molecule has 1 atom stereocenters. The van der Waals surface area contributed by atoms with Crippen LogP contribution in [0.4, 0.5) is 21.6 Å². The zero-order valence-electron chi connectivity index (χ0n) is 19.2. The molecule has 9 heteroatoms. The summed E-state index contributed by atoms with van der Waals surface area (Å²) in [5.74, 6) is 0.547. The SMILES string of the molecule is COc1cc2ccnc(Nc3ccc(F)c(Cl)c3)c2cc1NC(=O)CCCN1CC[C@H](OC)C1. The van der Waals surface area contributed by atoms with Gasteiger partial charge >= 0.3 is 0 Å².